The number of halogens is 1. The van der Waals surface area contributed by atoms with Crippen molar-refractivity contribution < 1.29 is 4.79 Å². The van der Waals surface area contributed by atoms with Gasteiger partial charge in [-0.1, -0.05) is 23.7 Å². The van der Waals surface area contributed by atoms with Gasteiger partial charge in [0.25, 0.3) is 0 Å². The normalized spacial score (nSPS) is 10.8. The Kier molecular flexibility index (Phi) is 3.88. The number of nitrogens with one attached hydrogen (secondary N) is 1. The van der Waals surface area contributed by atoms with E-state index in [1.165, 1.54) is 6.20 Å². The molecule has 0 aliphatic heterocycles. The van der Waals surface area contributed by atoms with Gasteiger partial charge in [0.05, 0.1) is 0 Å². The molecule has 0 aliphatic carbocycles. The summed E-state index contributed by atoms with van der Waals surface area (Å²) in [6.07, 6.45) is 1.49. The highest BCUT2D eigenvalue weighted by atomic mass is 35.5. The molecule has 1 amide bonds. The number of rotatable bonds is 4. The van der Waals surface area contributed by atoms with Crippen molar-refractivity contribution in [2.75, 3.05) is 0 Å². The van der Waals surface area contributed by atoms with Crippen LogP contribution in [0.15, 0.2) is 47.4 Å². The Morgan fingerprint density at radius 2 is 2.00 bits per heavy atom. The molecule has 3 rings (SSSR count). The Morgan fingerprint density at radius 3 is 2.73 bits per heavy atom. The zero-order chi connectivity index (χ0) is 15.5. The average Bonchev–Trinajstić information content (AvgIpc) is 2.83. The average molecular weight is 318 g/mol. The van der Waals surface area contributed by atoms with Crippen molar-refractivity contribution in [3.05, 3.63) is 63.7 Å². The Hall–Kier alpha value is -2.67. The van der Waals surface area contributed by atoms with E-state index in [4.69, 9.17) is 11.6 Å². The summed E-state index contributed by atoms with van der Waals surface area (Å²) in [5.74, 6) is -0.305. The molecule has 1 aromatic carbocycles. The molecule has 0 fully saturated rings. The van der Waals surface area contributed by atoms with Gasteiger partial charge in [-0.2, -0.15) is 9.61 Å². The van der Waals surface area contributed by atoms with E-state index in [9.17, 15) is 9.59 Å². The number of amides is 1. The van der Waals surface area contributed by atoms with Gasteiger partial charge in [-0.15, -0.1) is 5.10 Å². The summed E-state index contributed by atoms with van der Waals surface area (Å²) in [6.45, 7) is 0.201. The smallest absolute Gasteiger partial charge is 0.350 e. The monoisotopic (exact) mass is 317 g/mol. The van der Waals surface area contributed by atoms with Gasteiger partial charge in [0.2, 0.25) is 5.91 Å². The van der Waals surface area contributed by atoms with Gasteiger partial charge < -0.3 is 5.32 Å². The number of fused-ring (bicyclic) bond motifs is 1. The number of benzene rings is 1. The van der Waals surface area contributed by atoms with E-state index < -0.39 is 5.69 Å². The first kappa shape index (κ1) is 14.3. The summed E-state index contributed by atoms with van der Waals surface area (Å²) in [7, 11) is 0. The minimum Gasteiger partial charge on any atom is -0.350 e. The number of hydrogen-bond donors (Lipinski definition) is 1. The van der Waals surface area contributed by atoms with Crippen LogP contribution >= 0.6 is 11.6 Å². The van der Waals surface area contributed by atoms with Gasteiger partial charge in [-0.05, 0) is 29.8 Å². The third kappa shape index (κ3) is 2.99. The zero-order valence-electron chi connectivity index (χ0n) is 11.4. The highest BCUT2D eigenvalue weighted by Gasteiger charge is 2.10. The molecule has 1 N–H and O–H groups in total. The van der Waals surface area contributed by atoms with Gasteiger partial charge in [0, 0.05) is 17.8 Å². The molecule has 0 aliphatic rings. The van der Waals surface area contributed by atoms with E-state index in [2.05, 4.69) is 15.5 Å². The molecule has 3 aromatic rings. The van der Waals surface area contributed by atoms with E-state index >= 15 is 0 Å². The quantitative estimate of drug-likeness (QED) is 0.774. The lowest BCUT2D eigenvalue weighted by Crippen LogP contribution is -2.32. The summed E-state index contributed by atoms with van der Waals surface area (Å²) < 4.78 is 2.23. The minimum atomic E-state index is -0.447. The number of carbonyl (C=O) groups is 1. The second kappa shape index (κ2) is 5.98. The van der Waals surface area contributed by atoms with Gasteiger partial charge in [-0.3, -0.25) is 4.79 Å². The molecule has 0 unspecified atom stereocenters. The van der Waals surface area contributed by atoms with Crippen LogP contribution < -0.4 is 11.0 Å². The first-order chi connectivity index (χ1) is 10.6. The van der Waals surface area contributed by atoms with E-state index in [1.807, 2.05) is 12.1 Å². The second-order valence-corrected chi connectivity index (χ2v) is 5.07. The summed E-state index contributed by atoms with van der Waals surface area (Å²) in [6, 6.07) is 10.5. The standard InChI is InChI=1S/C14H12ClN5O2/c15-11-5-3-10(4-6-11)8-16-13(21)9-19-14(22)20-12(18-19)2-1-7-17-20/h1-7H,8-9H2,(H,16,21). The first-order valence-corrected chi connectivity index (χ1v) is 6.93. The fourth-order valence-corrected chi connectivity index (χ4v) is 2.09. The maximum Gasteiger partial charge on any atom is 0.367 e. The molecule has 0 spiro atoms. The summed E-state index contributed by atoms with van der Waals surface area (Å²) in [5.41, 5.74) is 0.872. The Labute approximate surface area is 130 Å². The van der Waals surface area contributed by atoms with Crippen LogP contribution in [-0.2, 0) is 17.9 Å². The van der Waals surface area contributed by atoms with Crippen molar-refractivity contribution in [3.8, 4) is 0 Å². The van der Waals surface area contributed by atoms with Crippen LogP contribution in [0.25, 0.3) is 5.65 Å². The zero-order valence-corrected chi connectivity index (χ0v) is 12.2. The van der Waals surface area contributed by atoms with Crippen LogP contribution in [-0.4, -0.2) is 25.3 Å². The van der Waals surface area contributed by atoms with Crippen LogP contribution in [0, 0.1) is 0 Å². The Balaban J connectivity index is 1.67. The maximum absolute atomic E-state index is 12.0. The predicted molar refractivity (Wildman–Crippen MR) is 80.5 cm³/mol. The summed E-state index contributed by atoms with van der Waals surface area (Å²) in [5, 5.41) is 11.3. The van der Waals surface area contributed by atoms with Crippen molar-refractivity contribution >= 4 is 23.2 Å². The lowest BCUT2D eigenvalue weighted by Gasteiger charge is -2.04. The Morgan fingerprint density at radius 1 is 1.23 bits per heavy atom. The third-order valence-corrected chi connectivity index (χ3v) is 3.30. The first-order valence-electron chi connectivity index (χ1n) is 6.55. The predicted octanol–water partition coefficient (Wildman–Crippen LogP) is 0.861. The molecule has 0 saturated carbocycles. The van der Waals surface area contributed by atoms with Crippen molar-refractivity contribution in [2.45, 2.75) is 13.1 Å². The van der Waals surface area contributed by atoms with Crippen molar-refractivity contribution in [1.29, 1.82) is 0 Å². The van der Waals surface area contributed by atoms with Gasteiger partial charge in [-0.25, -0.2) is 9.48 Å². The molecular formula is C14H12ClN5O2. The van der Waals surface area contributed by atoms with Gasteiger partial charge >= 0.3 is 5.69 Å². The maximum atomic E-state index is 12.0. The van der Waals surface area contributed by atoms with Crippen LogP contribution in [0.1, 0.15) is 5.56 Å². The van der Waals surface area contributed by atoms with Crippen LogP contribution in [0.2, 0.25) is 5.02 Å². The Bertz CT molecular complexity index is 869. The number of carbonyl (C=O) groups excluding carboxylic acids is 1. The van der Waals surface area contributed by atoms with Crippen molar-refractivity contribution in [3.63, 3.8) is 0 Å². The molecule has 2 aromatic heterocycles. The second-order valence-electron chi connectivity index (χ2n) is 4.64. The molecule has 0 radical (unpaired) electrons. The van der Waals surface area contributed by atoms with Gasteiger partial charge in [0.1, 0.15) is 6.54 Å². The third-order valence-electron chi connectivity index (χ3n) is 3.05. The molecule has 22 heavy (non-hydrogen) atoms. The van der Waals surface area contributed by atoms with E-state index in [1.54, 1.807) is 24.3 Å². The summed E-state index contributed by atoms with van der Waals surface area (Å²) >= 11 is 5.80. The van der Waals surface area contributed by atoms with E-state index in [-0.39, 0.29) is 12.5 Å². The summed E-state index contributed by atoms with van der Waals surface area (Å²) in [4.78, 5) is 23.9. The van der Waals surface area contributed by atoms with Gasteiger partial charge in [0.15, 0.2) is 5.65 Å². The minimum absolute atomic E-state index is 0.157. The van der Waals surface area contributed by atoms with Crippen LogP contribution in [0.5, 0.6) is 0 Å². The largest absolute Gasteiger partial charge is 0.367 e. The van der Waals surface area contributed by atoms with E-state index in [0.717, 1.165) is 14.8 Å². The fourth-order valence-electron chi connectivity index (χ4n) is 1.96. The lowest BCUT2D eigenvalue weighted by molar-refractivity contribution is -0.122. The van der Waals surface area contributed by atoms with Crippen molar-refractivity contribution in [2.24, 2.45) is 0 Å². The molecule has 7 nitrogen and oxygen atoms in total. The molecule has 0 atom stereocenters. The molecule has 0 saturated heterocycles. The van der Waals surface area contributed by atoms with Crippen molar-refractivity contribution in [1.82, 2.24) is 24.7 Å². The number of nitrogens with zero attached hydrogens (tertiary/aromatic N) is 4. The molecule has 2 heterocycles. The molecule has 112 valence electrons. The number of aromatic nitrogens is 4. The fraction of sp³-hybridized carbons (Fsp3) is 0.143. The molecule has 0 bridgehead atoms. The number of hydrogen-bond acceptors (Lipinski definition) is 4. The van der Waals surface area contributed by atoms with E-state index in [0.29, 0.717) is 17.2 Å². The molecular weight excluding hydrogens is 306 g/mol. The van der Waals surface area contributed by atoms with Crippen LogP contribution in [0.3, 0.4) is 0 Å². The highest BCUT2D eigenvalue weighted by molar-refractivity contribution is 6.30. The van der Waals surface area contributed by atoms with Crippen LogP contribution in [0.4, 0.5) is 0 Å². The molecule has 8 heteroatoms. The topological polar surface area (TPSA) is 81.3 Å². The SMILES string of the molecule is O=C(Cn1nc2cccnn2c1=O)NCc1ccc(Cl)cc1. The lowest BCUT2D eigenvalue weighted by atomic mass is 10.2. The highest BCUT2D eigenvalue weighted by Crippen LogP contribution is 2.09.